The number of fused-ring (bicyclic) bond motifs is 1. The largest absolute Gasteiger partial charge is 0.492 e. The molecular weight excluding hydrogens is 512 g/mol. The number of benzene rings is 2. The summed E-state index contributed by atoms with van der Waals surface area (Å²) in [4.78, 5) is 20.7. The minimum absolute atomic E-state index is 0.280. The third-order valence-electron chi connectivity index (χ3n) is 5.25. The molecule has 11 heteroatoms. The zero-order valence-corrected chi connectivity index (χ0v) is 22.5. The van der Waals surface area contributed by atoms with Crippen LogP contribution in [0.1, 0.15) is 12.5 Å². The summed E-state index contributed by atoms with van der Waals surface area (Å²) in [7, 11) is -2.32. The zero-order chi connectivity index (χ0) is 26.7. The van der Waals surface area contributed by atoms with Crippen molar-refractivity contribution in [3.63, 3.8) is 0 Å². The molecule has 4 rings (SSSR count). The van der Waals surface area contributed by atoms with Crippen LogP contribution in [-0.2, 0) is 14.5 Å². The fraction of sp³-hybridized carbons (Fsp3) is 0.192. The second-order valence-electron chi connectivity index (χ2n) is 8.48. The van der Waals surface area contributed by atoms with Crippen LogP contribution >= 0.6 is 11.6 Å². The molecule has 0 atom stereocenters. The van der Waals surface area contributed by atoms with Crippen LogP contribution in [0.15, 0.2) is 65.8 Å². The molecule has 2 N–H and O–H groups in total. The number of amides is 1. The van der Waals surface area contributed by atoms with E-state index in [1.807, 2.05) is 36.7 Å². The Kier molecular flexibility index (Phi) is 7.51. The van der Waals surface area contributed by atoms with Gasteiger partial charge in [-0.25, -0.2) is 9.19 Å². The number of aromatic nitrogens is 3. The summed E-state index contributed by atoms with van der Waals surface area (Å²) in [6.07, 6.45) is 7.83. The van der Waals surface area contributed by atoms with Crippen LogP contribution < -0.4 is 15.4 Å². The molecule has 0 saturated heterocycles. The second kappa shape index (κ2) is 10.6. The predicted molar refractivity (Wildman–Crippen MR) is 150 cm³/mol. The Labute approximate surface area is 220 Å². The summed E-state index contributed by atoms with van der Waals surface area (Å²) in [6, 6.07) is 10.8. The van der Waals surface area contributed by atoms with Crippen molar-refractivity contribution in [1.82, 2.24) is 14.5 Å². The Morgan fingerprint density at radius 3 is 2.76 bits per heavy atom. The molecule has 0 aliphatic heterocycles. The molecule has 0 bridgehead atoms. The third kappa shape index (κ3) is 6.10. The molecule has 4 aromatic rings. The first kappa shape index (κ1) is 26.2. The van der Waals surface area contributed by atoms with Crippen LogP contribution in [0.3, 0.4) is 0 Å². The highest BCUT2D eigenvalue weighted by atomic mass is 35.5. The highest BCUT2D eigenvalue weighted by Crippen LogP contribution is 2.33. The molecule has 0 aliphatic rings. The van der Waals surface area contributed by atoms with Crippen LogP contribution in [0.2, 0.25) is 5.02 Å². The number of anilines is 3. The van der Waals surface area contributed by atoms with E-state index < -0.39 is 9.73 Å². The minimum atomic E-state index is -2.32. The maximum absolute atomic E-state index is 12.1. The number of aryl methyl sites for hydroxylation is 1. The smallest absolute Gasteiger partial charge is 0.247 e. The van der Waals surface area contributed by atoms with E-state index in [-0.39, 0.29) is 5.91 Å². The molecule has 0 unspecified atom stereocenters. The van der Waals surface area contributed by atoms with E-state index in [1.54, 1.807) is 36.8 Å². The van der Waals surface area contributed by atoms with E-state index in [9.17, 15) is 9.00 Å². The summed E-state index contributed by atoms with van der Waals surface area (Å²) < 4.78 is 24.0. The SMILES string of the molecule is C=CC(=O)Nc1ccc2c(c1)c(C)cn2-c1nc(Nc2ccc(N=S(C)(C)=O)cc2OCC)ncc1Cl. The van der Waals surface area contributed by atoms with Gasteiger partial charge in [0.25, 0.3) is 0 Å². The van der Waals surface area contributed by atoms with Crippen LogP contribution in [0, 0.1) is 6.92 Å². The van der Waals surface area contributed by atoms with Crippen LogP contribution in [0.4, 0.5) is 23.0 Å². The number of hydrogen-bond acceptors (Lipinski definition) is 7. The van der Waals surface area contributed by atoms with E-state index in [1.165, 1.54) is 12.3 Å². The highest BCUT2D eigenvalue weighted by Gasteiger charge is 2.15. The molecule has 192 valence electrons. The summed E-state index contributed by atoms with van der Waals surface area (Å²) in [6.45, 7) is 7.77. The van der Waals surface area contributed by atoms with Crippen molar-refractivity contribution < 1.29 is 13.7 Å². The molecule has 0 saturated carbocycles. The number of ether oxygens (including phenoxy) is 1. The quantitative estimate of drug-likeness (QED) is 0.266. The molecule has 0 spiro atoms. The first-order chi connectivity index (χ1) is 17.6. The molecule has 2 heterocycles. The highest BCUT2D eigenvalue weighted by molar-refractivity contribution is 7.92. The van der Waals surface area contributed by atoms with Gasteiger partial charge in [-0.2, -0.15) is 9.35 Å². The average molecular weight is 539 g/mol. The van der Waals surface area contributed by atoms with Crippen molar-refractivity contribution in [2.24, 2.45) is 4.36 Å². The number of carbonyl (C=O) groups is 1. The van der Waals surface area contributed by atoms with Crippen LogP contribution in [0.25, 0.3) is 16.7 Å². The van der Waals surface area contributed by atoms with E-state index in [0.29, 0.717) is 46.2 Å². The van der Waals surface area contributed by atoms with Crippen molar-refractivity contribution in [3.05, 3.63) is 72.0 Å². The maximum Gasteiger partial charge on any atom is 0.247 e. The van der Waals surface area contributed by atoms with Gasteiger partial charge < -0.3 is 15.4 Å². The van der Waals surface area contributed by atoms with Gasteiger partial charge in [-0.15, -0.1) is 0 Å². The third-order valence-corrected chi connectivity index (χ3v) is 6.16. The number of carbonyl (C=O) groups excluding carboxylic acids is 1. The molecule has 2 aromatic heterocycles. The predicted octanol–water partition coefficient (Wildman–Crippen LogP) is 6.01. The van der Waals surface area contributed by atoms with Gasteiger partial charge in [0.15, 0.2) is 5.82 Å². The lowest BCUT2D eigenvalue weighted by atomic mass is 10.2. The maximum atomic E-state index is 12.1. The topological polar surface area (TPSA) is 110 Å². The Bertz CT molecular complexity index is 1630. The van der Waals surface area contributed by atoms with Gasteiger partial charge in [0.2, 0.25) is 11.9 Å². The molecule has 0 fully saturated rings. The molecule has 0 radical (unpaired) electrons. The molecule has 0 aliphatic carbocycles. The van der Waals surface area contributed by atoms with Crippen molar-refractivity contribution in [2.75, 3.05) is 29.8 Å². The number of nitrogens with zero attached hydrogens (tertiary/aromatic N) is 4. The lowest BCUT2D eigenvalue weighted by Crippen LogP contribution is -2.07. The lowest BCUT2D eigenvalue weighted by Gasteiger charge is -2.14. The van der Waals surface area contributed by atoms with Gasteiger partial charge in [0, 0.05) is 45.6 Å². The Morgan fingerprint density at radius 2 is 2.05 bits per heavy atom. The monoisotopic (exact) mass is 538 g/mol. The van der Waals surface area contributed by atoms with Gasteiger partial charge in [-0.1, -0.05) is 18.2 Å². The van der Waals surface area contributed by atoms with Crippen LogP contribution in [0.5, 0.6) is 5.75 Å². The normalized spacial score (nSPS) is 11.3. The van der Waals surface area contributed by atoms with E-state index in [4.69, 9.17) is 16.3 Å². The number of hydrogen-bond donors (Lipinski definition) is 2. The fourth-order valence-corrected chi connectivity index (χ4v) is 4.55. The summed E-state index contributed by atoms with van der Waals surface area (Å²) in [5.74, 6) is 1.05. The Hall–Kier alpha value is -3.89. The standard InChI is InChI=1S/C26H27ClN6O3S/c1-6-24(34)29-17-9-11-22-19(12-17)16(3)15-33(22)25-20(27)14-28-26(31-25)30-21-10-8-18(32-37(4,5)35)13-23(21)36-7-2/h6,8-15H,1,7H2,2-5H3,(H,29,34)(H,28,30,31). The van der Waals surface area contributed by atoms with E-state index in [0.717, 1.165) is 16.5 Å². The average Bonchev–Trinajstić information content (AvgIpc) is 3.16. The Morgan fingerprint density at radius 1 is 1.27 bits per heavy atom. The van der Waals surface area contributed by atoms with Gasteiger partial charge in [-0.3, -0.25) is 9.36 Å². The summed E-state index contributed by atoms with van der Waals surface area (Å²) >= 11 is 6.52. The fourth-order valence-electron chi connectivity index (χ4n) is 3.75. The van der Waals surface area contributed by atoms with Crippen molar-refractivity contribution in [1.29, 1.82) is 0 Å². The molecule has 2 aromatic carbocycles. The Balaban J connectivity index is 1.72. The second-order valence-corrected chi connectivity index (χ2v) is 11.4. The first-order valence-corrected chi connectivity index (χ1v) is 14.1. The van der Waals surface area contributed by atoms with E-state index >= 15 is 0 Å². The van der Waals surface area contributed by atoms with Gasteiger partial charge in [0.05, 0.1) is 29.7 Å². The molecular formula is C26H27ClN6O3S. The molecule has 9 nitrogen and oxygen atoms in total. The van der Waals surface area contributed by atoms with Gasteiger partial charge in [0.1, 0.15) is 10.8 Å². The summed E-state index contributed by atoms with van der Waals surface area (Å²) in [5, 5.41) is 7.27. The first-order valence-electron chi connectivity index (χ1n) is 11.4. The molecule has 37 heavy (non-hydrogen) atoms. The zero-order valence-electron chi connectivity index (χ0n) is 20.9. The van der Waals surface area contributed by atoms with Crippen molar-refractivity contribution >= 4 is 61.2 Å². The van der Waals surface area contributed by atoms with Crippen LogP contribution in [-0.4, -0.2) is 43.8 Å². The number of rotatable bonds is 8. The molecule has 1 amide bonds. The lowest BCUT2D eigenvalue weighted by molar-refractivity contribution is -0.111. The number of halogens is 1. The van der Waals surface area contributed by atoms with Gasteiger partial charge >= 0.3 is 0 Å². The van der Waals surface area contributed by atoms with E-state index in [2.05, 4.69) is 31.5 Å². The van der Waals surface area contributed by atoms with Gasteiger partial charge in [-0.05, 0) is 55.8 Å². The summed E-state index contributed by atoms with van der Waals surface area (Å²) in [5.41, 5.74) is 3.69. The van der Waals surface area contributed by atoms with Crippen molar-refractivity contribution in [2.45, 2.75) is 13.8 Å². The minimum Gasteiger partial charge on any atom is -0.492 e. The van der Waals surface area contributed by atoms with Crippen molar-refractivity contribution in [3.8, 4) is 11.6 Å². The number of nitrogens with one attached hydrogen (secondary N) is 2.